The number of nitrogen functional groups attached to an aromatic ring is 1. The van der Waals surface area contributed by atoms with Crippen molar-refractivity contribution in [2.24, 2.45) is 0 Å². The molecule has 0 radical (unpaired) electrons. The average molecular weight is 428 g/mol. The molecular formula is C21H21FN4O3S. The molecule has 1 aromatic heterocycles. The van der Waals surface area contributed by atoms with Gasteiger partial charge in [-0.25, -0.2) is 22.8 Å². The summed E-state index contributed by atoms with van der Waals surface area (Å²) in [4.78, 5) is 20.8. The van der Waals surface area contributed by atoms with Gasteiger partial charge in [-0.15, -0.1) is 0 Å². The highest BCUT2D eigenvalue weighted by atomic mass is 32.2. The van der Waals surface area contributed by atoms with Gasteiger partial charge in [0.25, 0.3) is 5.91 Å². The summed E-state index contributed by atoms with van der Waals surface area (Å²) in [6.45, 7) is 0.288. The zero-order valence-electron chi connectivity index (χ0n) is 16.0. The molecule has 3 N–H and O–H groups in total. The standard InChI is InChI=1S/C21H21FN4O3S/c22-18-11-15(19-20(23)24-13-16(26-19)7-4-10-30(28)29)8-9-17(18)21(27)25-12-14-5-2-1-3-6-14/h1-3,5-6,8-9,11,13,30H,4,7,10,12H2,(H2,23,24)(H,25,27). The van der Waals surface area contributed by atoms with Gasteiger partial charge in [-0.2, -0.15) is 0 Å². The van der Waals surface area contributed by atoms with Crippen LogP contribution in [-0.2, 0) is 23.7 Å². The van der Waals surface area contributed by atoms with Crippen molar-refractivity contribution in [1.82, 2.24) is 15.3 Å². The monoisotopic (exact) mass is 428 g/mol. The lowest BCUT2D eigenvalue weighted by molar-refractivity contribution is 0.0947. The van der Waals surface area contributed by atoms with Crippen LogP contribution < -0.4 is 11.1 Å². The minimum Gasteiger partial charge on any atom is -0.382 e. The average Bonchev–Trinajstić information content (AvgIpc) is 2.73. The highest BCUT2D eigenvalue weighted by Gasteiger charge is 2.15. The number of nitrogens with zero attached hydrogens (tertiary/aromatic N) is 2. The second kappa shape index (κ2) is 9.93. The van der Waals surface area contributed by atoms with Crippen LogP contribution in [-0.4, -0.2) is 30.0 Å². The van der Waals surface area contributed by atoms with Crippen molar-refractivity contribution >= 4 is 22.4 Å². The Bertz CT molecular complexity index is 1110. The molecular weight excluding hydrogens is 407 g/mol. The van der Waals surface area contributed by atoms with Crippen LogP contribution in [0.3, 0.4) is 0 Å². The van der Waals surface area contributed by atoms with Crippen LogP contribution in [0, 0.1) is 5.82 Å². The number of thiol groups is 1. The number of aromatic nitrogens is 2. The molecule has 3 aromatic rings. The van der Waals surface area contributed by atoms with Gasteiger partial charge in [-0.1, -0.05) is 36.4 Å². The van der Waals surface area contributed by atoms with Crippen LogP contribution in [0.2, 0.25) is 0 Å². The van der Waals surface area contributed by atoms with E-state index in [0.717, 1.165) is 5.56 Å². The lowest BCUT2D eigenvalue weighted by Gasteiger charge is -2.10. The van der Waals surface area contributed by atoms with Gasteiger partial charge in [0.1, 0.15) is 28.0 Å². The predicted molar refractivity (Wildman–Crippen MR) is 113 cm³/mol. The van der Waals surface area contributed by atoms with Gasteiger partial charge >= 0.3 is 0 Å². The Kier molecular flexibility index (Phi) is 7.08. The van der Waals surface area contributed by atoms with Crippen molar-refractivity contribution < 1.29 is 17.6 Å². The summed E-state index contributed by atoms with van der Waals surface area (Å²) in [7, 11) is -2.45. The number of carbonyl (C=O) groups is 1. The largest absolute Gasteiger partial charge is 0.382 e. The van der Waals surface area contributed by atoms with Gasteiger partial charge in [0.05, 0.1) is 17.5 Å². The van der Waals surface area contributed by atoms with E-state index in [1.165, 1.54) is 18.3 Å². The van der Waals surface area contributed by atoms with E-state index in [1.807, 2.05) is 30.3 Å². The third-order valence-corrected chi connectivity index (χ3v) is 5.09. The Labute approximate surface area is 175 Å². The van der Waals surface area contributed by atoms with Crippen molar-refractivity contribution in [3.05, 3.63) is 77.4 Å². The molecule has 7 nitrogen and oxygen atoms in total. The van der Waals surface area contributed by atoms with Crippen LogP contribution in [0.4, 0.5) is 10.2 Å². The van der Waals surface area contributed by atoms with Crippen LogP contribution in [0.5, 0.6) is 0 Å². The Morgan fingerprint density at radius 1 is 1.13 bits per heavy atom. The summed E-state index contributed by atoms with van der Waals surface area (Å²) < 4.78 is 36.0. The Hall–Kier alpha value is -3.33. The number of hydrogen-bond donors (Lipinski definition) is 3. The van der Waals surface area contributed by atoms with Crippen molar-refractivity contribution in [2.75, 3.05) is 11.5 Å². The normalized spacial score (nSPS) is 10.9. The van der Waals surface area contributed by atoms with E-state index in [2.05, 4.69) is 15.3 Å². The number of hydrogen-bond acceptors (Lipinski definition) is 6. The number of nitrogens with two attached hydrogens (primary N) is 1. The molecule has 156 valence electrons. The van der Waals surface area contributed by atoms with Crippen LogP contribution >= 0.6 is 0 Å². The van der Waals surface area contributed by atoms with Crippen molar-refractivity contribution in [1.29, 1.82) is 0 Å². The maximum atomic E-state index is 14.6. The lowest BCUT2D eigenvalue weighted by atomic mass is 10.1. The van der Waals surface area contributed by atoms with E-state index in [9.17, 15) is 17.6 Å². The Balaban J connectivity index is 1.75. The van der Waals surface area contributed by atoms with E-state index < -0.39 is 22.4 Å². The molecule has 0 aliphatic heterocycles. The number of carbonyl (C=O) groups excluding carboxylic acids is 1. The molecule has 2 aromatic carbocycles. The molecule has 0 saturated heterocycles. The lowest BCUT2D eigenvalue weighted by Crippen LogP contribution is -2.23. The van der Waals surface area contributed by atoms with Crippen molar-refractivity contribution in [2.45, 2.75) is 19.4 Å². The fraction of sp³-hybridized carbons (Fsp3) is 0.190. The predicted octanol–water partition coefficient (Wildman–Crippen LogP) is 2.34. The van der Waals surface area contributed by atoms with Gasteiger partial charge in [0, 0.05) is 17.9 Å². The molecule has 0 fully saturated rings. The van der Waals surface area contributed by atoms with Gasteiger partial charge in [0.2, 0.25) is 0 Å². The quantitative estimate of drug-likeness (QED) is 0.475. The molecule has 0 unspecified atom stereocenters. The third kappa shape index (κ3) is 5.60. The molecule has 1 heterocycles. The van der Waals surface area contributed by atoms with Crippen LogP contribution in [0.15, 0.2) is 54.7 Å². The number of rotatable bonds is 8. The Morgan fingerprint density at radius 3 is 2.60 bits per heavy atom. The van der Waals surface area contributed by atoms with Gasteiger partial charge in [-0.05, 0) is 30.5 Å². The SMILES string of the molecule is Nc1ncc(CCC[SH](=O)=O)nc1-c1ccc(C(=O)NCc2ccccc2)c(F)c1. The molecule has 0 spiro atoms. The number of nitrogens with one attached hydrogen (secondary N) is 1. The maximum Gasteiger partial charge on any atom is 0.254 e. The molecule has 0 atom stereocenters. The molecule has 0 aliphatic carbocycles. The van der Waals surface area contributed by atoms with Gasteiger partial charge < -0.3 is 11.1 Å². The summed E-state index contributed by atoms with van der Waals surface area (Å²) >= 11 is 0. The number of amides is 1. The fourth-order valence-corrected chi connectivity index (χ4v) is 3.29. The first kappa shape index (κ1) is 21.4. The zero-order valence-corrected chi connectivity index (χ0v) is 16.9. The molecule has 9 heteroatoms. The minimum absolute atomic E-state index is 0.0537. The van der Waals surface area contributed by atoms with Crippen LogP contribution in [0.1, 0.15) is 28.0 Å². The van der Waals surface area contributed by atoms with E-state index in [0.29, 0.717) is 24.1 Å². The van der Waals surface area contributed by atoms with Gasteiger partial charge in [0.15, 0.2) is 0 Å². The molecule has 1 amide bonds. The van der Waals surface area contributed by atoms with E-state index in [1.54, 1.807) is 6.07 Å². The van der Waals surface area contributed by atoms with Gasteiger partial charge in [-0.3, -0.25) is 4.79 Å². The first-order valence-electron chi connectivity index (χ1n) is 9.29. The summed E-state index contributed by atoms with van der Waals surface area (Å²) in [5.74, 6) is -1.05. The number of halogens is 1. The highest BCUT2D eigenvalue weighted by molar-refractivity contribution is 7.72. The number of aryl methyl sites for hydroxylation is 1. The zero-order chi connectivity index (χ0) is 21.5. The molecule has 30 heavy (non-hydrogen) atoms. The molecule has 0 saturated carbocycles. The van der Waals surface area contributed by atoms with Crippen LogP contribution in [0.25, 0.3) is 11.3 Å². The first-order chi connectivity index (χ1) is 14.4. The van der Waals surface area contributed by atoms with E-state index in [4.69, 9.17) is 5.73 Å². The Morgan fingerprint density at radius 2 is 1.90 bits per heavy atom. The smallest absolute Gasteiger partial charge is 0.254 e. The molecule has 0 aliphatic rings. The molecule has 0 bridgehead atoms. The fourth-order valence-electron chi connectivity index (χ4n) is 2.88. The second-order valence-corrected chi connectivity index (χ2v) is 7.73. The third-order valence-electron chi connectivity index (χ3n) is 4.41. The van der Waals surface area contributed by atoms with Crippen molar-refractivity contribution in [3.8, 4) is 11.3 Å². The van der Waals surface area contributed by atoms with Crippen molar-refractivity contribution in [3.63, 3.8) is 0 Å². The summed E-state index contributed by atoms with van der Waals surface area (Å²) in [5, 5.41) is 2.69. The highest BCUT2D eigenvalue weighted by Crippen LogP contribution is 2.25. The summed E-state index contributed by atoms with van der Waals surface area (Å²) in [6.07, 6.45) is 2.29. The summed E-state index contributed by atoms with van der Waals surface area (Å²) in [5.41, 5.74) is 7.93. The number of benzene rings is 2. The maximum absolute atomic E-state index is 14.6. The molecule has 3 rings (SSSR count). The minimum atomic E-state index is -2.45. The summed E-state index contributed by atoms with van der Waals surface area (Å²) in [6, 6.07) is 13.4. The number of anilines is 1. The second-order valence-electron chi connectivity index (χ2n) is 6.62. The van der Waals surface area contributed by atoms with E-state index >= 15 is 0 Å². The topological polar surface area (TPSA) is 115 Å². The first-order valence-corrected chi connectivity index (χ1v) is 10.7. The van der Waals surface area contributed by atoms with E-state index in [-0.39, 0.29) is 29.4 Å².